The maximum Gasteiger partial charge on any atom is 0.273 e. The van der Waals surface area contributed by atoms with Crippen molar-refractivity contribution in [3.05, 3.63) is 65.9 Å². The second-order valence-electron chi connectivity index (χ2n) is 5.67. The third-order valence-corrected chi connectivity index (χ3v) is 3.93. The van der Waals surface area contributed by atoms with Crippen LogP contribution in [0.2, 0.25) is 0 Å². The van der Waals surface area contributed by atoms with Gasteiger partial charge >= 0.3 is 0 Å². The maximum atomic E-state index is 12.2. The number of ether oxygens (including phenoxy) is 2. The van der Waals surface area contributed by atoms with Gasteiger partial charge in [0.1, 0.15) is 11.5 Å². The van der Waals surface area contributed by atoms with Crippen LogP contribution < -0.4 is 14.8 Å². The Hall–Kier alpha value is -3.28. The van der Waals surface area contributed by atoms with E-state index in [1.165, 1.54) is 0 Å². The number of nitrogens with zero attached hydrogens (tertiary/aromatic N) is 1. The number of amides is 1. The lowest BCUT2D eigenvalue weighted by molar-refractivity contribution is 0.0945. The van der Waals surface area contributed by atoms with Gasteiger partial charge in [-0.25, -0.2) is 0 Å². The Balaban J connectivity index is 1.59. The number of rotatable bonds is 7. The van der Waals surface area contributed by atoms with E-state index in [1.54, 1.807) is 20.3 Å². The molecule has 0 spiro atoms. The lowest BCUT2D eigenvalue weighted by Gasteiger charge is -2.05. The van der Waals surface area contributed by atoms with Crippen molar-refractivity contribution in [3.63, 3.8) is 0 Å². The van der Waals surface area contributed by atoms with Gasteiger partial charge in [-0.2, -0.15) is 0 Å². The molecule has 0 aliphatic rings. The van der Waals surface area contributed by atoms with E-state index in [-0.39, 0.29) is 11.6 Å². The van der Waals surface area contributed by atoms with Crippen molar-refractivity contribution in [1.29, 1.82) is 0 Å². The van der Waals surface area contributed by atoms with Crippen LogP contribution in [-0.4, -0.2) is 31.8 Å². The molecule has 0 aliphatic heterocycles. The summed E-state index contributed by atoms with van der Waals surface area (Å²) >= 11 is 0. The second-order valence-corrected chi connectivity index (χ2v) is 5.67. The van der Waals surface area contributed by atoms with Gasteiger partial charge in [-0.05, 0) is 36.2 Å². The Bertz CT molecular complexity index is 889. The smallest absolute Gasteiger partial charge is 0.273 e. The molecule has 0 saturated heterocycles. The second kappa shape index (κ2) is 8.20. The zero-order chi connectivity index (χ0) is 18.4. The molecule has 26 heavy (non-hydrogen) atoms. The van der Waals surface area contributed by atoms with E-state index >= 15 is 0 Å². The summed E-state index contributed by atoms with van der Waals surface area (Å²) in [6, 6.07) is 16.8. The molecule has 0 bridgehead atoms. The third-order valence-electron chi connectivity index (χ3n) is 3.93. The zero-order valence-electron chi connectivity index (χ0n) is 14.7. The van der Waals surface area contributed by atoms with Crippen molar-refractivity contribution in [2.24, 2.45) is 0 Å². The fraction of sp³-hybridized carbons (Fsp3) is 0.200. The minimum Gasteiger partial charge on any atom is -0.497 e. The predicted octanol–water partition coefficient (Wildman–Crippen LogP) is 3.33. The summed E-state index contributed by atoms with van der Waals surface area (Å²) in [5.41, 5.74) is 2.13. The number of carbonyl (C=O) groups is 1. The van der Waals surface area contributed by atoms with E-state index < -0.39 is 0 Å². The van der Waals surface area contributed by atoms with Crippen LogP contribution >= 0.6 is 0 Å². The summed E-state index contributed by atoms with van der Waals surface area (Å²) in [5, 5.41) is 6.70. The summed E-state index contributed by atoms with van der Waals surface area (Å²) in [7, 11) is 3.23. The number of hydrogen-bond donors (Lipinski definition) is 1. The zero-order valence-corrected chi connectivity index (χ0v) is 14.7. The standard InChI is InChI=1S/C20H20N2O4/c1-24-16-7-3-5-14(11-16)9-10-21-20(23)18-13-19(26-22-18)15-6-4-8-17(12-15)25-2/h3-8,11-13H,9-10H2,1-2H3,(H,21,23). The van der Waals surface area contributed by atoms with Gasteiger partial charge in [0.25, 0.3) is 5.91 Å². The predicted molar refractivity (Wildman–Crippen MR) is 97.5 cm³/mol. The highest BCUT2D eigenvalue weighted by atomic mass is 16.5. The highest BCUT2D eigenvalue weighted by Crippen LogP contribution is 2.24. The van der Waals surface area contributed by atoms with Crippen LogP contribution in [0.5, 0.6) is 11.5 Å². The quantitative estimate of drug-likeness (QED) is 0.706. The number of carbonyl (C=O) groups excluding carboxylic acids is 1. The molecule has 0 unspecified atom stereocenters. The molecule has 134 valence electrons. The van der Waals surface area contributed by atoms with Crippen molar-refractivity contribution in [2.45, 2.75) is 6.42 Å². The molecule has 3 aromatic rings. The summed E-state index contributed by atoms with van der Waals surface area (Å²) in [5.74, 6) is 1.75. The fourth-order valence-electron chi connectivity index (χ4n) is 2.53. The van der Waals surface area contributed by atoms with Crippen molar-refractivity contribution in [1.82, 2.24) is 10.5 Å². The lowest BCUT2D eigenvalue weighted by atomic mass is 10.1. The molecule has 1 aromatic heterocycles. The summed E-state index contributed by atoms with van der Waals surface area (Å²) in [6.45, 7) is 0.493. The molecule has 3 rings (SSSR count). The largest absolute Gasteiger partial charge is 0.497 e. The highest BCUT2D eigenvalue weighted by molar-refractivity contribution is 5.93. The monoisotopic (exact) mass is 352 g/mol. The number of aromatic nitrogens is 1. The normalized spacial score (nSPS) is 10.4. The Morgan fingerprint density at radius 3 is 2.54 bits per heavy atom. The average Bonchev–Trinajstić information content (AvgIpc) is 3.18. The molecule has 0 saturated carbocycles. The summed E-state index contributed by atoms with van der Waals surface area (Å²) in [6.07, 6.45) is 0.698. The molecule has 0 fully saturated rings. The molecular formula is C20H20N2O4. The Labute approximate surface area is 151 Å². The first-order chi connectivity index (χ1) is 12.7. The molecule has 0 atom stereocenters. The molecule has 0 aliphatic carbocycles. The minimum atomic E-state index is -0.272. The lowest BCUT2D eigenvalue weighted by Crippen LogP contribution is -2.25. The molecule has 1 amide bonds. The Morgan fingerprint density at radius 2 is 1.77 bits per heavy atom. The van der Waals surface area contributed by atoms with Gasteiger partial charge in [-0.3, -0.25) is 4.79 Å². The maximum absolute atomic E-state index is 12.2. The van der Waals surface area contributed by atoms with Gasteiger partial charge < -0.3 is 19.3 Å². The molecule has 0 radical (unpaired) electrons. The van der Waals surface area contributed by atoms with Gasteiger partial charge in [-0.15, -0.1) is 0 Å². The summed E-state index contributed by atoms with van der Waals surface area (Å²) in [4.78, 5) is 12.2. The van der Waals surface area contributed by atoms with Gasteiger partial charge in [0, 0.05) is 18.2 Å². The molecule has 1 N–H and O–H groups in total. The molecule has 6 heteroatoms. The van der Waals surface area contributed by atoms with Crippen LogP contribution in [0.1, 0.15) is 16.1 Å². The number of hydrogen-bond acceptors (Lipinski definition) is 5. The topological polar surface area (TPSA) is 73.6 Å². The van der Waals surface area contributed by atoms with Crippen LogP contribution in [0.25, 0.3) is 11.3 Å². The first kappa shape index (κ1) is 17.5. The van der Waals surface area contributed by atoms with Crippen LogP contribution in [0.4, 0.5) is 0 Å². The Morgan fingerprint density at radius 1 is 1.04 bits per heavy atom. The van der Waals surface area contributed by atoms with Crippen molar-refractivity contribution in [3.8, 4) is 22.8 Å². The van der Waals surface area contributed by atoms with E-state index in [9.17, 15) is 4.79 Å². The molecular weight excluding hydrogens is 332 g/mol. The van der Waals surface area contributed by atoms with Crippen LogP contribution in [0, 0.1) is 0 Å². The Kier molecular flexibility index (Phi) is 5.53. The van der Waals surface area contributed by atoms with Crippen molar-refractivity contribution in [2.75, 3.05) is 20.8 Å². The van der Waals surface area contributed by atoms with Gasteiger partial charge in [-0.1, -0.05) is 29.4 Å². The SMILES string of the molecule is COc1cccc(CCNC(=O)c2cc(-c3cccc(OC)c3)on2)c1. The minimum absolute atomic E-state index is 0.244. The van der Waals surface area contributed by atoms with E-state index in [4.69, 9.17) is 14.0 Å². The van der Waals surface area contributed by atoms with Crippen molar-refractivity contribution < 1.29 is 18.8 Å². The van der Waals surface area contributed by atoms with E-state index in [2.05, 4.69) is 10.5 Å². The first-order valence-corrected chi connectivity index (χ1v) is 8.22. The molecule has 2 aromatic carbocycles. The molecule has 6 nitrogen and oxygen atoms in total. The summed E-state index contributed by atoms with van der Waals surface area (Å²) < 4.78 is 15.7. The number of nitrogens with one attached hydrogen (secondary N) is 1. The van der Waals surface area contributed by atoms with Crippen LogP contribution in [0.15, 0.2) is 59.1 Å². The van der Waals surface area contributed by atoms with E-state index in [1.807, 2.05) is 48.5 Å². The van der Waals surface area contributed by atoms with E-state index in [0.29, 0.717) is 24.5 Å². The third kappa shape index (κ3) is 4.22. The van der Waals surface area contributed by atoms with Crippen molar-refractivity contribution >= 4 is 5.91 Å². The highest BCUT2D eigenvalue weighted by Gasteiger charge is 2.13. The van der Waals surface area contributed by atoms with Gasteiger partial charge in [0.15, 0.2) is 11.5 Å². The van der Waals surface area contributed by atoms with Crippen LogP contribution in [0.3, 0.4) is 0 Å². The fourth-order valence-corrected chi connectivity index (χ4v) is 2.53. The van der Waals surface area contributed by atoms with Gasteiger partial charge in [0.05, 0.1) is 14.2 Å². The van der Waals surface area contributed by atoms with Gasteiger partial charge in [0.2, 0.25) is 0 Å². The average molecular weight is 352 g/mol. The van der Waals surface area contributed by atoms with E-state index in [0.717, 1.165) is 16.9 Å². The van der Waals surface area contributed by atoms with Crippen LogP contribution in [-0.2, 0) is 6.42 Å². The first-order valence-electron chi connectivity index (χ1n) is 8.22. The molecule has 1 heterocycles. The number of benzene rings is 2. The number of methoxy groups -OCH3 is 2.